The number of rotatable bonds is 5. The second kappa shape index (κ2) is 5.87. The third kappa shape index (κ3) is 3.67. The van der Waals surface area contributed by atoms with Crippen molar-refractivity contribution in [1.82, 2.24) is 9.97 Å². The Hall–Kier alpha value is -2.15. The van der Waals surface area contributed by atoms with Crippen LogP contribution in [0.25, 0.3) is 0 Å². The van der Waals surface area contributed by atoms with Gasteiger partial charge in [0.2, 0.25) is 5.88 Å². The zero-order chi connectivity index (χ0) is 14.6. The summed E-state index contributed by atoms with van der Waals surface area (Å²) in [5, 5.41) is 3.02. The van der Waals surface area contributed by atoms with E-state index in [1.54, 1.807) is 18.3 Å². The van der Waals surface area contributed by atoms with E-state index in [0.29, 0.717) is 17.4 Å². The Morgan fingerprint density at radius 1 is 1.30 bits per heavy atom. The Balaban J connectivity index is 2.24. The largest absolute Gasteiger partial charge is 0.437 e. The molecule has 0 radical (unpaired) electrons. The Morgan fingerprint density at radius 2 is 2.10 bits per heavy atom. The Labute approximate surface area is 117 Å². The van der Waals surface area contributed by atoms with Crippen LogP contribution in [-0.2, 0) is 9.84 Å². The average molecular weight is 293 g/mol. The van der Waals surface area contributed by atoms with Gasteiger partial charge in [0.15, 0.2) is 9.84 Å². The summed E-state index contributed by atoms with van der Waals surface area (Å²) in [7, 11) is -3.26. The smallest absolute Gasteiger partial charge is 0.239 e. The lowest BCUT2D eigenvalue weighted by Crippen LogP contribution is -2.01. The van der Waals surface area contributed by atoms with Gasteiger partial charge < -0.3 is 10.1 Å². The van der Waals surface area contributed by atoms with Crippen LogP contribution in [-0.4, -0.2) is 31.2 Å². The number of nitrogens with one attached hydrogen (secondary N) is 1. The molecule has 6 nitrogen and oxygen atoms in total. The van der Waals surface area contributed by atoms with Gasteiger partial charge in [-0.05, 0) is 25.1 Å². The summed E-state index contributed by atoms with van der Waals surface area (Å²) in [4.78, 5) is 8.41. The fourth-order valence-electron chi connectivity index (χ4n) is 1.55. The Kier molecular flexibility index (Phi) is 4.19. The molecule has 1 N–H and O–H groups in total. The number of aromatic nitrogens is 2. The Bertz CT molecular complexity index is 702. The van der Waals surface area contributed by atoms with Crippen molar-refractivity contribution in [2.45, 2.75) is 11.8 Å². The van der Waals surface area contributed by atoms with Crippen molar-refractivity contribution >= 4 is 15.7 Å². The van der Waals surface area contributed by atoms with E-state index in [-0.39, 0.29) is 4.90 Å². The van der Waals surface area contributed by atoms with Crippen LogP contribution in [0.15, 0.2) is 41.6 Å². The summed E-state index contributed by atoms with van der Waals surface area (Å²) in [6.07, 6.45) is 4.20. The summed E-state index contributed by atoms with van der Waals surface area (Å²) in [6, 6.07) is 6.25. The van der Waals surface area contributed by atoms with E-state index >= 15 is 0 Å². The number of hydrogen-bond acceptors (Lipinski definition) is 6. The van der Waals surface area contributed by atoms with Gasteiger partial charge in [-0.15, -0.1) is 0 Å². The van der Waals surface area contributed by atoms with Crippen molar-refractivity contribution in [3.63, 3.8) is 0 Å². The molecule has 2 aromatic rings. The molecule has 0 aliphatic heterocycles. The molecule has 0 saturated heterocycles. The summed E-state index contributed by atoms with van der Waals surface area (Å²) in [6.45, 7) is 2.67. The van der Waals surface area contributed by atoms with E-state index in [0.717, 1.165) is 12.8 Å². The number of nitrogens with zero attached hydrogens (tertiary/aromatic N) is 2. The van der Waals surface area contributed by atoms with Crippen LogP contribution < -0.4 is 10.1 Å². The van der Waals surface area contributed by atoms with E-state index in [2.05, 4.69) is 15.3 Å². The summed E-state index contributed by atoms with van der Waals surface area (Å²) >= 11 is 0. The second-order valence-electron chi connectivity index (χ2n) is 4.12. The van der Waals surface area contributed by atoms with Crippen molar-refractivity contribution in [1.29, 1.82) is 0 Å². The quantitative estimate of drug-likeness (QED) is 0.909. The predicted molar refractivity (Wildman–Crippen MR) is 75.8 cm³/mol. The van der Waals surface area contributed by atoms with Gasteiger partial charge in [-0.25, -0.2) is 8.42 Å². The molecule has 0 unspecified atom stereocenters. The van der Waals surface area contributed by atoms with E-state index in [9.17, 15) is 8.42 Å². The minimum atomic E-state index is -3.26. The first-order valence-electron chi connectivity index (χ1n) is 6.03. The van der Waals surface area contributed by atoms with Crippen LogP contribution in [0.4, 0.5) is 5.82 Å². The van der Waals surface area contributed by atoms with E-state index < -0.39 is 9.84 Å². The fourth-order valence-corrected chi connectivity index (χ4v) is 2.21. The van der Waals surface area contributed by atoms with Gasteiger partial charge in [-0.2, -0.15) is 4.98 Å². The lowest BCUT2D eigenvalue weighted by molar-refractivity contribution is 0.459. The van der Waals surface area contributed by atoms with Crippen molar-refractivity contribution < 1.29 is 13.2 Å². The molecule has 0 saturated carbocycles. The van der Waals surface area contributed by atoms with Gasteiger partial charge in [-0.3, -0.25) is 4.98 Å². The maximum absolute atomic E-state index is 11.5. The third-order valence-electron chi connectivity index (χ3n) is 2.43. The molecule has 1 aromatic heterocycles. The molecule has 2 rings (SSSR count). The molecule has 0 bridgehead atoms. The molecule has 7 heteroatoms. The van der Waals surface area contributed by atoms with Crippen LogP contribution in [0.1, 0.15) is 6.92 Å². The number of benzene rings is 1. The number of ether oxygens (including phenoxy) is 1. The highest BCUT2D eigenvalue weighted by Gasteiger charge is 2.09. The first-order valence-corrected chi connectivity index (χ1v) is 7.92. The highest BCUT2D eigenvalue weighted by molar-refractivity contribution is 7.90. The van der Waals surface area contributed by atoms with Crippen molar-refractivity contribution in [2.75, 3.05) is 18.1 Å². The highest BCUT2D eigenvalue weighted by Crippen LogP contribution is 2.22. The first kappa shape index (κ1) is 14.3. The van der Waals surface area contributed by atoms with E-state index in [1.165, 1.54) is 18.3 Å². The fraction of sp³-hybridized carbons (Fsp3) is 0.231. The lowest BCUT2D eigenvalue weighted by Gasteiger charge is -2.07. The molecule has 106 valence electrons. The molecule has 0 fully saturated rings. The molecule has 0 amide bonds. The van der Waals surface area contributed by atoms with Crippen molar-refractivity contribution in [3.8, 4) is 11.6 Å². The monoisotopic (exact) mass is 293 g/mol. The minimum absolute atomic E-state index is 0.200. The van der Waals surface area contributed by atoms with Gasteiger partial charge in [0.25, 0.3) is 0 Å². The van der Waals surface area contributed by atoms with Gasteiger partial charge in [0.05, 0.1) is 17.3 Å². The second-order valence-corrected chi connectivity index (χ2v) is 6.14. The summed E-state index contributed by atoms with van der Waals surface area (Å²) in [5.41, 5.74) is 0. The number of hydrogen-bond donors (Lipinski definition) is 1. The van der Waals surface area contributed by atoms with Crippen LogP contribution in [0, 0.1) is 0 Å². The highest BCUT2D eigenvalue weighted by atomic mass is 32.2. The zero-order valence-electron chi connectivity index (χ0n) is 11.2. The van der Waals surface area contributed by atoms with Gasteiger partial charge in [-0.1, -0.05) is 6.07 Å². The third-order valence-corrected chi connectivity index (χ3v) is 3.54. The normalized spacial score (nSPS) is 11.1. The molecule has 0 aliphatic carbocycles. The van der Waals surface area contributed by atoms with Gasteiger partial charge in [0, 0.05) is 12.8 Å². The molecule has 0 atom stereocenters. The van der Waals surface area contributed by atoms with E-state index in [4.69, 9.17) is 4.74 Å². The molecule has 1 aromatic carbocycles. The molecule has 1 heterocycles. The molecule has 0 spiro atoms. The predicted octanol–water partition coefficient (Wildman–Crippen LogP) is 2.10. The molecule has 0 aliphatic rings. The van der Waals surface area contributed by atoms with Crippen LogP contribution in [0.5, 0.6) is 11.6 Å². The Morgan fingerprint density at radius 3 is 2.80 bits per heavy atom. The number of sulfone groups is 1. The standard InChI is InChI=1S/C13H15N3O3S/c1-3-15-12-8-14-9-13(16-12)19-10-5-4-6-11(7-10)20(2,17)18/h4-9H,3H2,1-2H3,(H,15,16). The molecular formula is C13H15N3O3S. The van der Waals surface area contributed by atoms with Crippen molar-refractivity contribution in [3.05, 3.63) is 36.7 Å². The molecular weight excluding hydrogens is 278 g/mol. The average Bonchev–Trinajstić information content (AvgIpc) is 2.39. The summed E-state index contributed by atoms with van der Waals surface area (Å²) < 4.78 is 28.5. The van der Waals surface area contributed by atoms with Gasteiger partial charge in [0.1, 0.15) is 11.6 Å². The number of anilines is 1. The molecule has 20 heavy (non-hydrogen) atoms. The SMILES string of the molecule is CCNc1cncc(Oc2cccc(S(C)(=O)=O)c2)n1. The minimum Gasteiger partial charge on any atom is -0.437 e. The van der Waals surface area contributed by atoms with Crippen LogP contribution >= 0.6 is 0 Å². The zero-order valence-corrected chi connectivity index (χ0v) is 12.0. The van der Waals surface area contributed by atoms with Crippen LogP contribution in [0.3, 0.4) is 0 Å². The van der Waals surface area contributed by atoms with Gasteiger partial charge >= 0.3 is 0 Å². The van der Waals surface area contributed by atoms with Crippen molar-refractivity contribution in [2.24, 2.45) is 0 Å². The first-order chi connectivity index (χ1) is 9.49. The topological polar surface area (TPSA) is 81.2 Å². The summed E-state index contributed by atoms with van der Waals surface area (Å²) in [5.74, 6) is 1.30. The van der Waals surface area contributed by atoms with Crippen LogP contribution in [0.2, 0.25) is 0 Å². The maximum atomic E-state index is 11.5. The maximum Gasteiger partial charge on any atom is 0.239 e. The van der Waals surface area contributed by atoms with E-state index in [1.807, 2.05) is 6.92 Å². The lowest BCUT2D eigenvalue weighted by atomic mass is 10.3.